The van der Waals surface area contributed by atoms with Gasteiger partial charge in [-0.15, -0.1) is 0 Å². The summed E-state index contributed by atoms with van der Waals surface area (Å²) in [6, 6.07) is 1.76. The van der Waals surface area contributed by atoms with Crippen molar-refractivity contribution in [3.63, 3.8) is 0 Å². The Morgan fingerprint density at radius 1 is 1.44 bits per heavy atom. The zero-order valence-electron chi connectivity index (χ0n) is 11.7. The molecule has 1 aromatic heterocycles. The summed E-state index contributed by atoms with van der Waals surface area (Å²) in [7, 11) is 1.71. The number of aromatic nitrogens is 1. The highest BCUT2D eigenvalue weighted by molar-refractivity contribution is 5.47. The second-order valence-corrected chi connectivity index (χ2v) is 4.50. The first kappa shape index (κ1) is 14.9. The number of hydrogen-bond donors (Lipinski definition) is 3. The van der Waals surface area contributed by atoms with Gasteiger partial charge >= 0.3 is 0 Å². The van der Waals surface area contributed by atoms with Gasteiger partial charge in [-0.05, 0) is 31.4 Å². The second kappa shape index (κ2) is 6.13. The number of hydrazine groups is 1. The maximum Gasteiger partial charge on any atom is 0.128 e. The van der Waals surface area contributed by atoms with E-state index in [4.69, 9.17) is 16.3 Å². The van der Waals surface area contributed by atoms with Gasteiger partial charge in [0.25, 0.3) is 0 Å². The molecule has 1 atom stereocenters. The normalized spacial score (nSPS) is 13.6. The van der Waals surface area contributed by atoms with Gasteiger partial charge in [-0.25, -0.2) is 10.4 Å². The van der Waals surface area contributed by atoms with E-state index in [1.165, 1.54) is 0 Å². The topological polar surface area (TPSA) is 86.2 Å². The molecule has 0 aliphatic carbocycles. The molecule has 5 heteroatoms. The molecule has 0 radical (unpaired) electrons. The summed E-state index contributed by atoms with van der Waals surface area (Å²) in [5.74, 6) is 6.24. The van der Waals surface area contributed by atoms with Gasteiger partial charge in [0.05, 0.1) is 11.6 Å². The van der Waals surface area contributed by atoms with Crippen LogP contribution in [0.5, 0.6) is 0 Å². The van der Waals surface area contributed by atoms with Crippen LogP contribution in [0.2, 0.25) is 0 Å². The van der Waals surface area contributed by atoms with E-state index in [2.05, 4.69) is 24.3 Å². The van der Waals surface area contributed by atoms with E-state index in [1.54, 1.807) is 13.3 Å². The molecule has 0 saturated carbocycles. The van der Waals surface area contributed by atoms with Crippen molar-refractivity contribution in [2.24, 2.45) is 5.84 Å². The Morgan fingerprint density at radius 2 is 2.06 bits per heavy atom. The van der Waals surface area contributed by atoms with Crippen molar-refractivity contribution in [1.29, 1.82) is 0 Å². The number of nitrogens with two attached hydrogens (primary N) is 2. The van der Waals surface area contributed by atoms with Crippen LogP contribution >= 0.6 is 0 Å². The lowest BCUT2D eigenvalue weighted by Crippen LogP contribution is -2.48. The molecule has 18 heavy (non-hydrogen) atoms. The van der Waals surface area contributed by atoms with Crippen molar-refractivity contribution < 1.29 is 4.74 Å². The monoisotopic (exact) mass is 252 g/mol. The summed E-state index contributed by atoms with van der Waals surface area (Å²) in [4.78, 5) is 4.15. The van der Waals surface area contributed by atoms with Crippen LogP contribution in [0.3, 0.4) is 0 Å². The van der Waals surface area contributed by atoms with Crippen LogP contribution in [0, 0.1) is 6.92 Å². The van der Waals surface area contributed by atoms with Gasteiger partial charge in [0.2, 0.25) is 0 Å². The van der Waals surface area contributed by atoms with Crippen LogP contribution in [0.1, 0.15) is 43.9 Å². The largest absolute Gasteiger partial charge is 0.383 e. The fraction of sp³-hybridized carbons (Fsp3) is 0.615. The minimum absolute atomic E-state index is 0.175. The highest BCUT2D eigenvalue weighted by Crippen LogP contribution is 2.37. The Bertz CT molecular complexity index is 362. The minimum Gasteiger partial charge on any atom is -0.383 e. The molecule has 1 rings (SSSR count). The Kier molecular flexibility index (Phi) is 5.07. The highest BCUT2D eigenvalue weighted by atomic mass is 16.5. The minimum atomic E-state index is -0.378. The molecule has 0 aromatic carbocycles. The van der Waals surface area contributed by atoms with Crippen LogP contribution in [0.25, 0.3) is 0 Å². The van der Waals surface area contributed by atoms with Gasteiger partial charge < -0.3 is 10.5 Å². The van der Waals surface area contributed by atoms with Crippen LogP contribution in [-0.4, -0.2) is 17.7 Å². The van der Waals surface area contributed by atoms with Crippen LogP contribution in [0.4, 0.5) is 5.82 Å². The molecule has 102 valence electrons. The first-order chi connectivity index (χ1) is 8.56. The van der Waals surface area contributed by atoms with E-state index in [0.29, 0.717) is 5.82 Å². The summed E-state index contributed by atoms with van der Waals surface area (Å²) in [6.45, 7) is 6.17. The van der Waals surface area contributed by atoms with Crippen LogP contribution < -0.4 is 17.0 Å². The number of methoxy groups -OCH3 is 1. The number of ether oxygens (including phenoxy) is 1. The summed E-state index contributed by atoms with van der Waals surface area (Å²) in [5.41, 5.74) is 10.5. The fourth-order valence-electron chi connectivity index (χ4n) is 2.53. The molecule has 1 aromatic rings. The predicted octanol–water partition coefficient (Wildman–Crippen LogP) is 1.68. The molecule has 1 heterocycles. The molecular weight excluding hydrogens is 228 g/mol. The lowest BCUT2D eigenvalue weighted by atomic mass is 9.83. The standard InChI is InChI=1S/C13H24N4O/c1-5-13(6-2,18-4)11(17-15)10-9(3)7-8-16-12(10)14/h7-8,11,17H,5-6,15H2,1-4H3,(H2,14,16). The number of nitrogens with one attached hydrogen (secondary N) is 1. The van der Waals surface area contributed by atoms with E-state index in [9.17, 15) is 0 Å². The number of pyridine rings is 1. The molecule has 5 N–H and O–H groups in total. The quantitative estimate of drug-likeness (QED) is 0.530. The number of nitrogen functional groups attached to an aromatic ring is 1. The van der Waals surface area contributed by atoms with E-state index in [1.807, 2.05) is 13.0 Å². The maximum atomic E-state index is 6.00. The third kappa shape index (κ3) is 2.48. The predicted molar refractivity (Wildman–Crippen MR) is 73.8 cm³/mol. The molecular formula is C13H24N4O. The van der Waals surface area contributed by atoms with E-state index in [0.717, 1.165) is 24.0 Å². The molecule has 0 amide bonds. The van der Waals surface area contributed by atoms with E-state index in [-0.39, 0.29) is 11.6 Å². The molecule has 0 saturated heterocycles. The number of anilines is 1. The Labute approximate surface area is 109 Å². The number of aryl methyl sites for hydroxylation is 1. The van der Waals surface area contributed by atoms with Gasteiger partial charge in [-0.2, -0.15) is 0 Å². The molecule has 1 unspecified atom stereocenters. The average Bonchev–Trinajstić information content (AvgIpc) is 2.38. The summed E-state index contributed by atoms with van der Waals surface area (Å²) < 4.78 is 5.73. The molecule has 5 nitrogen and oxygen atoms in total. The third-order valence-corrected chi connectivity index (χ3v) is 3.82. The molecule has 0 aliphatic heterocycles. The maximum absolute atomic E-state index is 6.00. The van der Waals surface area contributed by atoms with Crippen molar-refractivity contribution in [1.82, 2.24) is 10.4 Å². The van der Waals surface area contributed by atoms with Gasteiger partial charge in [0, 0.05) is 18.9 Å². The first-order valence-corrected chi connectivity index (χ1v) is 6.28. The first-order valence-electron chi connectivity index (χ1n) is 6.28. The Hall–Kier alpha value is -1.17. The molecule has 0 fully saturated rings. The Morgan fingerprint density at radius 3 is 2.44 bits per heavy atom. The van der Waals surface area contributed by atoms with E-state index >= 15 is 0 Å². The van der Waals surface area contributed by atoms with Crippen molar-refractivity contribution in [3.8, 4) is 0 Å². The molecule has 0 aliphatic rings. The third-order valence-electron chi connectivity index (χ3n) is 3.82. The highest BCUT2D eigenvalue weighted by Gasteiger charge is 2.38. The SMILES string of the molecule is CCC(CC)(OC)C(NN)c1c(C)ccnc1N. The summed E-state index contributed by atoms with van der Waals surface area (Å²) in [5, 5.41) is 0. The van der Waals surface area contributed by atoms with Gasteiger partial charge in [-0.1, -0.05) is 13.8 Å². The smallest absolute Gasteiger partial charge is 0.128 e. The van der Waals surface area contributed by atoms with Gasteiger partial charge in [-0.3, -0.25) is 5.84 Å². The number of nitrogens with zero attached hydrogens (tertiary/aromatic N) is 1. The van der Waals surface area contributed by atoms with E-state index < -0.39 is 0 Å². The second-order valence-electron chi connectivity index (χ2n) is 4.50. The van der Waals surface area contributed by atoms with Crippen LogP contribution in [0.15, 0.2) is 12.3 Å². The fourth-order valence-corrected chi connectivity index (χ4v) is 2.53. The number of hydrogen-bond acceptors (Lipinski definition) is 5. The van der Waals surface area contributed by atoms with Crippen molar-refractivity contribution in [2.45, 2.75) is 45.3 Å². The van der Waals surface area contributed by atoms with Crippen molar-refractivity contribution in [2.75, 3.05) is 12.8 Å². The summed E-state index contributed by atoms with van der Waals surface area (Å²) in [6.07, 6.45) is 3.37. The average molecular weight is 252 g/mol. The Balaban J connectivity index is 3.32. The van der Waals surface area contributed by atoms with Crippen molar-refractivity contribution in [3.05, 3.63) is 23.4 Å². The lowest BCUT2D eigenvalue weighted by molar-refractivity contribution is -0.0487. The molecule has 0 spiro atoms. The van der Waals surface area contributed by atoms with Crippen molar-refractivity contribution >= 4 is 5.82 Å². The van der Waals surface area contributed by atoms with Gasteiger partial charge in [0.1, 0.15) is 5.82 Å². The van der Waals surface area contributed by atoms with Gasteiger partial charge in [0.15, 0.2) is 0 Å². The zero-order valence-corrected chi connectivity index (χ0v) is 11.7. The lowest BCUT2D eigenvalue weighted by Gasteiger charge is -2.39. The zero-order chi connectivity index (χ0) is 13.8. The number of rotatable bonds is 6. The van der Waals surface area contributed by atoms with Crippen LogP contribution in [-0.2, 0) is 4.74 Å². The summed E-state index contributed by atoms with van der Waals surface area (Å²) >= 11 is 0. The molecule has 0 bridgehead atoms.